The molecule has 3 nitrogen and oxygen atoms in total. The van der Waals surface area contributed by atoms with Gasteiger partial charge in [0.1, 0.15) is 5.82 Å². The number of halogens is 1. The highest BCUT2D eigenvalue weighted by molar-refractivity contribution is 7.09. The highest BCUT2D eigenvalue weighted by Crippen LogP contribution is 2.21. The normalized spacial score (nSPS) is 11.1. The number of fused-ring (bicyclic) bond motifs is 1. The van der Waals surface area contributed by atoms with Crippen molar-refractivity contribution in [3.63, 3.8) is 0 Å². The smallest absolute Gasteiger partial charge is 0.182 e. The zero-order chi connectivity index (χ0) is 17.2. The molecule has 5 heteroatoms. The van der Waals surface area contributed by atoms with Crippen LogP contribution in [-0.4, -0.2) is 15.3 Å². The highest BCUT2D eigenvalue weighted by atomic mass is 35.5. The molecule has 2 aromatic carbocycles. The Morgan fingerprint density at radius 2 is 1.84 bits per heavy atom. The summed E-state index contributed by atoms with van der Waals surface area (Å²) in [7, 11) is 0. The Balaban J connectivity index is 1.71. The number of hydrogen-bond acceptors (Lipinski definition) is 3. The summed E-state index contributed by atoms with van der Waals surface area (Å²) in [4.78, 5) is 18.7. The minimum absolute atomic E-state index is 0.0484. The first kappa shape index (κ1) is 16.1. The van der Waals surface area contributed by atoms with Gasteiger partial charge >= 0.3 is 0 Å². The SMILES string of the molecule is O=C(Cn1c(Cc2cccs2)nc2ccccc21)c1ccc(Cl)cc1. The van der Waals surface area contributed by atoms with E-state index < -0.39 is 0 Å². The molecule has 4 aromatic rings. The van der Waals surface area contributed by atoms with Gasteiger partial charge in [-0.2, -0.15) is 0 Å². The predicted molar refractivity (Wildman–Crippen MR) is 103 cm³/mol. The molecular weight excluding hydrogens is 352 g/mol. The standard InChI is InChI=1S/C20H15ClN2OS/c21-15-9-7-14(8-10-15)19(24)13-23-18-6-2-1-5-17(18)22-20(23)12-16-4-3-11-25-16/h1-11H,12-13H2. The molecule has 2 heterocycles. The van der Waals surface area contributed by atoms with Crippen LogP contribution in [0.2, 0.25) is 5.02 Å². The molecular formula is C20H15ClN2OS. The van der Waals surface area contributed by atoms with Gasteiger partial charge < -0.3 is 4.57 Å². The minimum Gasteiger partial charge on any atom is -0.320 e. The molecule has 0 aliphatic heterocycles. The van der Waals surface area contributed by atoms with Gasteiger partial charge in [-0.1, -0.05) is 29.8 Å². The van der Waals surface area contributed by atoms with Crippen LogP contribution < -0.4 is 0 Å². The molecule has 0 N–H and O–H groups in total. The van der Waals surface area contributed by atoms with E-state index in [1.54, 1.807) is 35.6 Å². The van der Waals surface area contributed by atoms with Crippen molar-refractivity contribution in [2.45, 2.75) is 13.0 Å². The van der Waals surface area contributed by atoms with Gasteiger partial charge in [0.15, 0.2) is 5.78 Å². The van der Waals surface area contributed by atoms with Gasteiger partial charge in [-0.05, 0) is 47.8 Å². The van der Waals surface area contributed by atoms with E-state index in [1.165, 1.54) is 4.88 Å². The molecule has 0 atom stereocenters. The number of rotatable bonds is 5. The van der Waals surface area contributed by atoms with E-state index in [2.05, 4.69) is 11.4 Å². The average Bonchev–Trinajstić information content (AvgIpc) is 3.24. The van der Waals surface area contributed by atoms with E-state index in [0.717, 1.165) is 23.3 Å². The molecule has 0 saturated carbocycles. The van der Waals surface area contributed by atoms with E-state index >= 15 is 0 Å². The van der Waals surface area contributed by atoms with Gasteiger partial charge in [-0.3, -0.25) is 4.79 Å². The number of carbonyl (C=O) groups is 1. The van der Waals surface area contributed by atoms with Crippen molar-refractivity contribution in [3.05, 3.63) is 87.3 Å². The zero-order valence-corrected chi connectivity index (χ0v) is 14.9. The predicted octanol–water partition coefficient (Wildman–Crippen LogP) is 5.22. The molecule has 4 rings (SSSR count). The highest BCUT2D eigenvalue weighted by Gasteiger charge is 2.15. The van der Waals surface area contributed by atoms with Crippen molar-refractivity contribution >= 4 is 39.8 Å². The molecule has 25 heavy (non-hydrogen) atoms. The second-order valence-corrected chi connectivity index (χ2v) is 7.26. The van der Waals surface area contributed by atoms with Crippen LogP contribution in [0.25, 0.3) is 11.0 Å². The number of carbonyl (C=O) groups excluding carboxylic acids is 1. The Morgan fingerprint density at radius 3 is 2.60 bits per heavy atom. The van der Waals surface area contributed by atoms with Crippen molar-refractivity contribution in [2.75, 3.05) is 0 Å². The molecule has 0 unspecified atom stereocenters. The number of Topliss-reactive ketones (excluding diaryl/α,β-unsaturated/α-hetero) is 1. The van der Waals surface area contributed by atoms with Crippen LogP contribution in [0.4, 0.5) is 0 Å². The van der Waals surface area contributed by atoms with Crippen molar-refractivity contribution in [1.29, 1.82) is 0 Å². The Hall–Kier alpha value is -2.43. The molecule has 0 saturated heterocycles. The Kier molecular flexibility index (Phi) is 4.38. The number of ketones is 1. The van der Waals surface area contributed by atoms with Crippen LogP contribution >= 0.6 is 22.9 Å². The van der Waals surface area contributed by atoms with E-state index in [0.29, 0.717) is 10.6 Å². The third kappa shape index (κ3) is 3.36. The zero-order valence-electron chi connectivity index (χ0n) is 13.4. The van der Waals surface area contributed by atoms with E-state index in [1.807, 2.05) is 34.9 Å². The number of para-hydroxylation sites is 2. The van der Waals surface area contributed by atoms with Crippen LogP contribution in [-0.2, 0) is 13.0 Å². The summed E-state index contributed by atoms with van der Waals surface area (Å²) in [6.07, 6.45) is 0.722. The molecule has 0 spiro atoms. The maximum atomic E-state index is 12.7. The summed E-state index contributed by atoms with van der Waals surface area (Å²) >= 11 is 7.62. The number of nitrogens with zero attached hydrogens (tertiary/aromatic N) is 2. The van der Waals surface area contributed by atoms with E-state index in [4.69, 9.17) is 16.6 Å². The fourth-order valence-corrected chi connectivity index (χ4v) is 3.70. The third-order valence-electron chi connectivity index (χ3n) is 4.11. The largest absolute Gasteiger partial charge is 0.320 e. The lowest BCUT2D eigenvalue weighted by atomic mass is 10.1. The molecule has 0 bridgehead atoms. The second kappa shape index (κ2) is 6.82. The molecule has 0 aliphatic carbocycles. The van der Waals surface area contributed by atoms with Crippen molar-refractivity contribution < 1.29 is 4.79 Å². The van der Waals surface area contributed by atoms with E-state index in [9.17, 15) is 4.79 Å². The first-order valence-corrected chi connectivity index (χ1v) is 9.22. The van der Waals surface area contributed by atoms with Gasteiger partial charge in [0, 0.05) is 21.9 Å². The van der Waals surface area contributed by atoms with Crippen LogP contribution in [0.1, 0.15) is 21.1 Å². The minimum atomic E-state index is 0.0484. The number of benzene rings is 2. The lowest BCUT2D eigenvalue weighted by Gasteiger charge is -2.08. The topological polar surface area (TPSA) is 34.9 Å². The maximum Gasteiger partial charge on any atom is 0.182 e. The third-order valence-corrected chi connectivity index (χ3v) is 5.24. The van der Waals surface area contributed by atoms with Gasteiger partial charge in [-0.25, -0.2) is 4.98 Å². The molecule has 0 amide bonds. The van der Waals surface area contributed by atoms with Gasteiger partial charge in [0.05, 0.1) is 17.6 Å². The summed E-state index contributed by atoms with van der Waals surface area (Å²) in [5.41, 5.74) is 2.55. The average molecular weight is 367 g/mol. The Labute approximate surface area is 154 Å². The monoisotopic (exact) mass is 366 g/mol. The van der Waals surface area contributed by atoms with Crippen LogP contribution in [0.15, 0.2) is 66.0 Å². The van der Waals surface area contributed by atoms with Gasteiger partial charge in [-0.15, -0.1) is 11.3 Å². The van der Waals surface area contributed by atoms with E-state index in [-0.39, 0.29) is 12.3 Å². The fraction of sp³-hybridized carbons (Fsp3) is 0.100. The number of thiophene rings is 1. The van der Waals surface area contributed by atoms with Gasteiger partial charge in [0.2, 0.25) is 0 Å². The molecule has 0 radical (unpaired) electrons. The molecule has 0 aliphatic rings. The van der Waals surface area contributed by atoms with Crippen molar-refractivity contribution in [2.24, 2.45) is 0 Å². The first-order valence-electron chi connectivity index (χ1n) is 7.96. The van der Waals surface area contributed by atoms with Crippen molar-refractivity contribution in [1.82, 2.24) is 9.55 Å². The lowest BCUT2D eigenvalue weighted by Crippen LogP contribution is -2.13. The summed E-state index contributed by atoms with van der Waals surface area (Å²) in [5.74, 6) is 0.957. The van der Waals surface area contributed by atoms with Gasteiger partial charge in [0.25, 0.3) is 0 Å². The van der Waals surface area contributed by atoms with Crippen LogP contribution in [0, 0.1) is 0 Å². The summed E-state index contributed by atoms with van der Waals surface area (Å²) < 4.78 is 2.02. The Bertz CT molecular complexity index is 1020. The summed E-state index contributed by atoms with van der Waals surface area (Å²) in [5, 5.41) is 2.68. The summed E-state index contributed by atoms with van der Waals surface area (Å²) in [6.45, 7) is 0.267. The fourth-order valence-electron chi connectivity index (χ4n) is 2.88. The first-order chi connectivity index (χ1) is 12.2. The lowest BCUT2D eigenvalue weighted by molar-refractivity contribution is 0.0972. The second-order valence-electron chi connectivity index (χ2n) is 5.79. The number of aromatic nitrogens is 2. The maximum absolute atomic E-state index is 12.7. The molecule has 2 aromatic heterocycles. The van der Waals surface area contributed by atoms with Crippen LogP contribution in [0.5, 0.6) is 0 Å². The number of imidazole rings is 1. The molecule has 124 valence electrons. The molecule has 0 fully saturated rings. The van der Waals surface area contributed by atoms with Crippen LogP contribution in [0.3, 0.4) is 0 Å². The van der Waals surface area contributed by atoms with Crippen molar-refractivity contribution in [3.8, 4) is 0 Å². The summed E-state index contributed by atoms with van der Waals surface area (Å²) in [6, 6.07) is 19.1. The quantitative estimate of drug-likeness (QED) is 0.453. The Morgan fingerprint density at radius 1 is 1.04 bits per heavy atom. The number of hydrogen-bond donors (Lipinski definition) is 0.